The van der Waals surface area contributed by atoms with Crippen LogP contribution >= 0.6 is 22.7 Å². The van der Waals surface area contributed by atoms with E-state index in [1.165, 1.54) is 16.2 Å². The molecule has 0 bridgehead atoms. The van der Waals surface area contributed by atoms with E-state index in [1.807, 2.05) is 6.92 Å². The van der Waals surface area contributed by atoms with Crippen molar-refractivity contribution in [3.63, 3.8) is 0 Å². The number of carbonyl (C=O) groups excluding carboxylic acids is 1. The number of fused-ring (bicyclic) bond motifs is 1. The number of pyridine rings is 1. The molecule has 1 amide bonds. The van der Waals surface area contributed by atoms with Gasteiger partial charge in [-0.25, -0.2) is 4.98 Å². The topological polar surface area (TPSA) is 93.8 Å². The van der Waals surface area contributed by atoms with E-state index in [0.717, 1.165) is 21.9 Å². The summed E-state index contributed by atoms with van der Waals surface area (Å²) in [7, 11) is 0. The normalized spacial score (nSPS) is 11.5. The summed E-state index contributed by atoms with van der Waals surface area (Å²) in [4.78, 5) is 20.0. The number of amides is 1. The molecule has 7 nitrogen and oxygen atoms in total. The van der Waals surface area contributed by atoms with E-state index in [0.29, 0.717) is 39.1 Å². The molecule has 1 N–H and O–H groups in total. The summed E-state index contributed by atoms with van der Waals surface area (Å²) in [6, 6.07) is 3.87. The Kier molecular flexibility index (Phi) is 5.18. The zero-order valence-electron chi connectivity index (χ0n) is 16.9. The lowest BCUT2D eigenvalue weighted by Gasteiger charge is -2.06. The fourth-order valence-electron chi connectivity index (χ4n) is 3.20. The van der Waals surface area contributed by atoms with Crippen LogP contribution in [0.15, 0.2) is 16.7 Å². The molecule has 4 aromatic rings. The van der Waals surface area contributed by atoms with Gasteiger partial charge in [-0.2, -0.15) is 0 Å². The number of aryl methyl sites for hydroxylation is 3. The maximum absolute atomic E-state index is 13.1. The molecule has 0 radical (unpaired) electrons. The molecule has 4 heterocycles. The molecule has 0 fully saturated rings. The van der Waals surface area contributed by atoms with Crippen molar-refractivity contribution < 1.29 is 9.32 Å². The number of thiophene rings is 1. The van der Waals surface area contributed by atoms with Crippen LogP contribution in [0.3, 0.4) is 0 Å². The second kappa shape index (κ2) is 7.64. The number of hydrogen-bond donors (Lipinski definition) is 1. The Morgan fingerprint density at radius 2 is 1.97 bits per heavy atom. The van der Waals surface area contributed by atoms with Crippen molar-refractivity contribution in [2.45, 2.75) is 41.0 Å². The van der Waals surface area contributed by atoms with Crippen molar-refractivity contribution in [2.24, 2.45) is 5.92 Å². The molecule has 9 heteroatoms. The number of rotatable bonds is 5. The molecule has 0 atom stereocenters. The van der Waals surface area contributed by atoms with Gasteiger partial charge in [-0.05, 0) is 38.8 Å². The predicted octanol–water partition coefficient (Wildman–Crippen LogP) is 5.18. The summed E-state index contributed by atoms with van der Waals surface area (Å²) in [5.41, 5.74) is 3.13. The lowest BCUT2D eigenvalue weighted by Crippen LogP contribution is -2.13. The molecule has 150 valence electrons. The summed E-state index contributed by atoms with van der Waals surface area (Å²) in [5, 5.41) is 17.1. The van der Waals surface area contributed by atoms with Crippen molar-refractivity contribution in [1.82, 2.24) is 20.3 Å². The van der Waals surface area contributed by atoms with Crippen LogP contribution in [0.25, 0.3) is 22.4 Å². The second-order valence-electron chi connectivity index (χ2n) is 7.38. The van der Waals surface area contributed by atoms with Crippen LogP contribution in [-0.2, 0) is 6.42 Å². The minimum Gasteiger partial charge on any atom is -0.335 e. The van der Waals surface area contributed by atoms with Gasteiger partial charge in [0.25, 0.3) is 11.6 Å². The van der Waals surface area contributed by atoms with Gasteiger partial charge in [0.05, 0.1) is 22.3 Å². The molecule has 0 aliphatic rings. The van der Waals surface area contributed by atoms with E-state index >= 15 is 0 Å². The maximum Gasteiger partial charge on any atom is 0.259 e. The number of nitrogens with zero attached hydrogens (tertiary/aromatic N) is 4. The standard InChI is InChI=1S/C20H21N5O2S2/c1-9(2)6-16-23-24-20(29-16)22-18(26)14-8-15(13-7-10(3)28-12(13)5)21-19-17(14)11(4)25-27-19/h7-9H,6H2,1-5H3,(H,22,24,26). The third-order valence-electron chi connectivity index (χ3n) is 4.45. The minimum atomic E-state index is -0.276. The lowest BCUT2D eigenvalue weighted by atomic mass is 10.1. The van der Waals surface area contributed by atoms with Crippen LogP contribution < -0.4 is 5.32 Å². The molecule has 4 aromatic heterocycles. The molecule has 29 heavy (non-hydrogen) atoms. The molecule has 0 aromatic carbocycles. The van der Waals surface area contributed by atoms with Gasteiger partial charge < -0.3 is 4.52 Å². The number of aromatic nitrogens is 4. The Balaban J connectivity index is 1.73. The van der Waals surface area contributed by atoms with Gasteiger partial charge in [-0.3, -0.25) is 10.1 Å². The van der Waals surface area contributed by atoms with Gasteiger partial charge in [-0.15, -0.1) is 21.5 Å². The van der Waals surface area contributed by atoms with Crippen LogP contribution in [-0.4, -0.2) is 26.2 Å². The SMILES string of the molecule is Cc1cc(-c2cc(C(=O)Nc3nnc(CC(C)C)s3)c3c(C)noc3n2)c(C)s1. The third kappa shape index (κ3) is 3.92. The van der Waals surface area contributed by atoms with E-state index in [1.54, 1.807) is 24.3 Å². The highest BCUT2D eigenvalue weighted by Gasteiger charge is 2.21. The Morgan fingerprint density at radius 3 is 2.66 bits per heavy atom. The summed E-state index contributed by atoms with van der Waals surface area (Å²) >= 11 is 3.09. The summed E-state index contributed by atoms with van der Waals surface area (Å²) in [6.07, 6.45) is 0.832. The molecule has 0 saturated heterocycles. The van der Waals surface area contributed by atoms with Crippen molar-refractivity contribution in [3.8, 4) is 11.3 Å². The molecule has 4 rings (SSSR count). The third-order valence-corrected chi connectivity index (χ3v) is 6.28. The molecule has 0 aliphatic carbocycles. The Labute approximate surface area is 176 Å². The van der Waals surface area contributed by atoms with Crippen molar-refractivity contribution in [1.29, 1.82) is 0 Å². The highest BCUT2D eigenvalue weighted by molar-refractivity contribution is 7.15. The summed E-state index contributed by atoms with van der Waals surface area (Å²) in [6.45, 7) is 10.1. The minimum absolute atomic E-state index is 0.276. The van der Waals surface area contributed by atoms with Crippen LogP contribution in [0.4, 0.5) is 5.13 Å². The fraction of sp³-hybridized carbons (Fsp3) is 0.350. The maximum atomic E-state index is 13.1. The molecule has 0 saturated carbocycles. The summed E-state index contributed by atoms with van der Waals surface area (Å²) < 4.78 is 5.38. The van der Waals surface area contributed by atoms with E-state index in [-0.39, 0.29) is 5.91 Å². The first-order valence-corrected chi connectivity index (χ1v) is 10.9. The lowest BCUT2D eigenvalue weighted by molar-refractivity contribution is 0.102. The molecule has 0 unspecified atom stereocenters. The van der Waals surface area contributed by atoms with Gasteiger partial charge in [-0.1, -0.05) is 30.3 Å². The zero-order chi connectivity index (χ0) is 20.7. The van der Waals surface area contributed by atoms with Gasteiger partial charge in [0.15, 0.2) is 0 Å². The smallest absolute Gasteiger partial charge is 0.259 e. The largest absolute Gasteiger partial charge is 0.335 e. The zero-order valence-corrected chi connectivity index (χ0v) is 18.5. The predicted molar refractivity (Wildman–Crippen MR) is 116 cm³/mol. The van der Waals surface area contributed by atoms with Gasteiger partial charge >= 0.3 is 0 Å². The van der Waals surface area contributed by atoms with Gasteiger partial charge in [0.2, 0.25) is 5.13 Å². The molecule has 0 aliphatic heterocycles. The van der Waals surface area contributed by atoms with Gasteiger partial charge in [0.1, 0.15) is 5.01 Å². The first-order valence-electron chi connectivity index (χ1n) is 9.30. The summed E-state index contributed by atoms with van der Waals surface area (Å²) in [5.74, 6) is 0.202. The average Bonchev–Trinajstić information content (AvgIpc) is 3.33. The number of nitrogens with one attached hydrogen (secondary N) is 1. The van der Waals surface area contributed by atoms with Crippen molar-refractivity contribution >= 4 is 44.8 Å². The van der Waals surface area contributed by atoms with Crippen LogP contribution in [0.5, 0.6) is 0 Å². The Hall–Kier alpha value is -2.65. The average molecular weight is 428 g/mol. The van der Waals surface area contributed by atoms with E-state index in [4.69, 9.17) is 4.52 Å². The monoisotopic (exact) mass is 427 g/mol. The molecular formula is C20H21N5O2S2. The highest BCUT2D eigenvalue weighted by atomic mass is 32.1. The van der Waals surface area contributed by atoms with Crippen molar-refractivity contribution in [3.05, 3.63) is 38.2 Å². The first-order chi connectivity index (χ1) is 13.8. The number of anilines is 1. The molecule has 0 spiro atoms. The molecular weight excluding hydrogens is 406 g/mol. The van der Waals surface area contributed by atoms with E-state index in [9.17, 15) is 4.79 Å². The fourth-order valence-corrected chi connectivity index (χ4v) is 5.08. The van der Waals surface area contributed by atoms with Gasteiger partial charge in [0, 0.05) is 21.7 Å². The van der Waals surface area contributed by atoms with E-state index < -0.39 is 0 Å². The number of carbonyl (C=O) groups is 1. The van der Waals surface area contributed by atoms with E-state index in [2.05, 4.69) is 52.5 Å². The number of hydrogen-bond acceptors (Lipinski definition) is 8. The van der Waals surface area contributed by atoms with Crippen molar-refractivity contribution in [2.75, 3.05) is 5.32 Å². The van der Waals surface area contributed by atoms with Crippen LogP contribution in [0.1, 0.15) is 44.7 Å². The Morgan fingerprint density at radius 1 is 1.17 bits per heavy atom. The highest BCUT2D eigenvalue weighted by Crippen LogP contribution is 2.33. The van der Waals surface area contributed by atoms with Crippen LogP contribution in [0.2, 0.25) is 0 Å². The quantitative estimate of drug-likeness (QED) is 0.472. The second-order valence-corrected chi connectivity index (χ2v) is 9.91. The first kappa shape index (κ1) is 19.7. The Bertz CT molecular complexity index is 1210. The van der Waals surface area contributed by atoms with Crippen LogP contribution in [0, 0.1) is 26.7 Å².